The molecule has 2 bridgehead atoms. The van der Waals surface area contributed by atoms with E-state index in [1.54, 1.807) is 0 Å². The van der Waals surface area contributed by atoms with Gasteiger partial charge in [0.05, 0.1) is 6.04 Å². The van der Waals surface area contributed by atoms with Gasteiger partial charge in [-0.15, -0.1) is 0 Å². The molecule has 0 aromatic heterocycles. The minimum atomic E-state index is 0.173. The molecule has 0 spiro atoms. The zero-order valence-electron chi connectivity index (χ0n) is 12.6. The summed E-state index contributed by atoms with van der Waals surface area (Å²) in [6.07, 6.45) is 6.31. The molecule has 2 heterocycles. The van der Waals surface area contributed by atoms with Crippen molar-refractivity contribution in [3.63, 3.8) is 0 Å². The van der Waals surface area contributed by atoms with Crippen LogP contribution >= 0.6 is 0 Å². The number of piperidine rings is 2. The van der Waals surface area contributed by atoms with Crippen LogP contribution in [0.15, 0.2) is 30.3 Å². The zero-order chi connectivity index (χ0) is 14.2. The van der Waals surface area contributed by atoms with Crippen LogP contribution in [0.3, 0.4) is 0 Å². The molecule has 0 unspecified atom stereocenters. The van der Waals surface area contributed by atoms with Crippen molar-refractivity contribution in [1.29, 1.82) is 0 Å². The van der Waals surface area contributed by atoms with Gasteiger partial charge in [0.15, 0.2) is 0 Å². The summed E-state index contributed by atoms with van der Waals surface area (Å²) in [5, 5.41) is 0. The number of nitrogens with zero attached hydrogens (tertiary/aromatic N) is 2. The van der Waals surface area contributed by atoms with Crippen molar-refractivity contribution >= 4 is 5.91 Å². The van der Waals surface area contributed by atoms with Gasteiger partial charge in [0, 0.05) is 19.1 Å². The molecule has 0 radical (unpaired) electrons. The fourth-order valence-electron chi connectivity index (χ4n) is 4.18. The number of fused-ring (bicyclic) bond motifs is 2. The van der Waals surface area contributed by atoms with E-state index in [2.05, 4.69) is 34.1 Å². The Labute approximate surface area is 126 Å². The number of amides is 1. The maximum Gasteiger partial charge on any atom is 0.240 e. The predicted molar refractivity (Wildman–Crippen MR) is 82.7 cm³/mol. The van der Waals surface area contributed by atoms with Crippen LogP contribution in [-0.4, -0.2) is 40.9 Å². The third kappa shape index (κ3) is 2.48. The second kappa shape index (κ2) is 5.45. The lowest BCUT2D eigenvalue weighted by Crippen LogP contribution is -2.61. The van der Waals surface area contributed by atoms with Gasteiger partial charge in [-0.3, -0.25) is 9.69 Å². The molecule has 3 heteroatoms. The summed E-state index contributed by atoms with van der Waals surface area (Å²) in [4.78, 5) is 17.5. The molecule has 21 heavy (non-hydrogen) atoms. The third-order valence-corrected chi connectivity index (χ3v) is 5.59. The summed E-state index contributed by atoms with van der Waals surface area (Å²) >= 11 is 0. The number of hydrogen-bond acceptors (Lipinski definition) is 2. The lowest BCUT2D eigenvalue weighted by molar-refractivity contribution is -0.149. The predicted octanol–water partition coefficient (Wildman–Crippen LogP) is 2.66. The Bertz CT molecular complexity index is 511. The lowest BCUT2D eigenvalue weighted by Gasteiger charge is -2.51. The molecule has 3 aliphatic rings. The Balaban J connectivity index is 1.50. The maximum absolute atomic E-state index is 12.9. The van der Waals surface area contributed by atoms with E-state index >= 15 is 0 Å². The summed E-state index contributed by atoms with van der Waals surface area (Å²) < 4.78 is 0. The Morgan fingerprint density at radius 1 is 1.10 bits per heavy atom. The maximum atomic E-state index is 12.9. The van der Waals surface area contributed by atoms with E-state index in [-0.39, 0.29) is 6.04 Å². The molecule has 4 rings (SSSR count). The molecule has 0 N–H and O–H groups in total. The van der Waals surface area contributed by atoms with Crippen molar-refractivity contribution in [3.05, 3.63) is 35.9 Å². The van der Waals surface area contributed by atoms with Crippen LogP contribution in [0.2, 0.25) is 0 Å². The van der Waals surface area contributed by atoms with Crippen LogP contribution < -0.4 is 0 Å². The minimum Gasteiger partial charge on any atom is -0.337 e. The molecule has 1 saturated carbocycles. The highest BCUT2D eigenvalue weighted by atomic mass is 16.2. The van der Waals surface area contributed by atoms with Crippen molar-refractivity contribution in [2.75, 3.05) is 13.1 Å². The molecule has 2 aliphatic heterocycles. The van der Waals surface area contributed by atoms with Gasteiger partial charge in [-0.05, 0) is 43.7 Å². The first-order valence-corrected chi connectivity index (χ1v) is 8.40. The summed E-state index contributed by atoms with van der Waals surface area (Å²) in [7, 11) is 0. The van der Waals surface area contributed by atoms with Crippen molar-refractivity contribution in [2.45, 2.75) is 50.7 Å². The van der Waals surface area contributed by atoms with E-state index in [4.69, 9.17) is 0 Å². The summed E-state index contributed by atoms with van der Waals surface area (Å²) in [6, 6.07) is 11.3. The molecular weight excluding hydrogens is 260 g/mol. The lowest BCUT2D eigenvalue weighted by atomic mass is 9.81. The second-order valence-corrected chi connectivity index (χ2v) is 6.93. The molecule has 1 amide bonds. The van der Waals surface area contributed by atoms with Crippen LogP contribution in [-0.2, 0) is 11.3 Å². The van der Waals surface area contributed by atoms with Gasteiger partial charge in [-0.2, -0.15) is 0 Å². The SMILES string of the molecule is O=C1[C@H]2C[C@H](CCN2C2CCC2)CN1Cc1ccccc1. The van der Waals surface area contributed by atoms with E-state index in [0.29, 0.717) is 17.9 Å². The van der Waals surface area contributed by atoms with E-state index < -0.39 is 0 Å². The molecule has 1 aromatic rings. The van der Waals surface area contributed by atoms with Gasteiger partial charge in [-0.25, -0.2) is 0 Å². The minimum absolute atomic E-state index is 0.173. The first-order chi connectivity index (χ1) is 10.3. The van der Waals surface area contributed by atoms with Crippen LogP contribution in [0.25, 0.3) is 0 Å². The molecule has 1 aromatic carbocycles. The monoisotopic (exact) mass is 284 g/mol. The van der Waals surface area contributed by atoms with E-state index in [9.17, 15) is 4.79 Å². The topological polar surface area (TPSA) is 23.6 Å². The molecular formula is C18H24N2O. The second-order valence-electron chi connectivity index (χ2n) is 6.93. The number of carbonyl (C=O) groups excluding carboxylic acids is 1. The van der Waals surface area contributed by atoms with Gasteiger partial charge in [0.1, 0.15) is 0 Å². The molecule has 3 nitrogen and oxygen atoms in total. The smallest absolute Gasteiger partial charge is 0.240 e. The van der Waals surface area contributed by atoms with Crippen molar-refractivity contribution in [2.24, 2.45) is 5.92 Å². The first-order valence-electron chi connectivity index (χ1n) is 8.40. The van der Waals surface area contributed by atoms with E-state index in [1.807, 2.05) is 6.07 Å². The molecule has 2 atom stereocenters. The molecule has 2 saturated heterocycles. The van der Waals surface area contributed by atoms with E-state index in [0.717, 1.165) is 26.1 Å². The van der Waals surface area contributed by atoms with Crippen molar-refractivity contribution < 1.29 is 4.79 Å². The third-order valence-electron chi connectivity index (χ3n) is 5.59. The fourth-order valence-corrected chi connectivity index (χ4v) is 4.18. The Morgan fingerprint density at radius 3 is 2.62 bits per heavy atom. The normalized spacial score (nSPS) is 30.3. The van der Waals surface area contributed by atoms with Gasteiger partial charge in [-0.1, -0.05) is 36.8 Å². The van der Waals surface area contributed by atoms with Gasteiger partial charge < -0.3 is 4.90 Å². The highest BCUT2D eigenvalue weighted by molar-refractivity contribution is 5.83. The Kier molecular flexibility index (Phi) is 3.46. The van der Waals surface area contributed by atoms with Gasteiger partial charge in [0.2, 0.25) is 5.91 Å². The largest absolute Gasteiger partial charge is 0.337 e. The average molecular weight is 284 g/mol. The Morgan fingerprint density at radius 2 is 1.90 bits per heavy atom. The fraction of sp³-hybridized carbons (Fsp3) is 0.611. The quantitative estimate of drug-likeness (QED) is 0.852. The van der Waals surface area contributed by atoms with Gasteiger partial charge >= 0.3 is 0 Å². The number of likely N-dealkylation sites (tertiary alicyclic amines) is 2. The van der Waals surface area contributed by atoms with Crippen molar-refractivity contribution in [1.82, 2.24) is 9.80 Å². The summed E-state index contributed by atoms with van der Waals surface area (Å²) in [5.74, 6) is 1.09. The number of hydrogen-bond donors (Lipinski definition) is 0. The highest BCUT2D eigenvalue weighted by Gasteiger charge is 2.44. The summed E-state index contributed by atoms with van der Waals surface area (Å²) in [6.45, 7) is 2.89. The highest BCUT2D eigenvalue weighted by Crippen LogP contribution is 2.36. The number of carbonyl (C=O) groups is 1. The Hall–Kier alpha value is -1.35. The molecule has 112 valence electrons. The van der Waals surface area contributed by atoms with Crippen LogP contribution in [0.4, 0.5) is 0 Å². The molecule has 3 fully saturated rings. The number of rotatable bonds is 3. The van der Waals surface area contributed by atoms with Crippen LogP contribution in [0.5, 0.6) is 0 Å². The van der Waals surface area contributed by atoms with Crippen molar-refractivity contribution in [3.8, 4) is 0 Å². The summed E-state index contributed by atoms with van der Waals surface area (Å²) in [5.41, 5.74) is 1.25. The van der Waals surface area contributed by atoms with Gasteiger partial charge in [0.25, 0.3) is 0 Å². The molecule has 1 aliphatic carbocycles. The zero-order valence-corrected chi connectivity index (χ0v) is 12.6. The standard InChI is InChI=1S/C18H24N2O/c21-18-17-11-15(9-10-20(17)16-7-4-8-16)13-19(18)12-14-5-2-1-3-6-14/h1-3,5-6,15-17H,4,7-13H2/t15-,17+/m0/s1. The van der Waals surface area contributed by atoms with Crippen LogP contribution in [0, 0.1) is 5.92 Å². The van der Waals surface area contributed by atoms with Crippen LogP contribution in [0.1, 0.15) is 37.7 Å². The average Bonchev–Trinajstić information content (AvgIpc) is 2.46. The number of benzene rings is 1. The van der Waals surface area contributed by atoms with E-state index in [1.165, 1.54) is 31.2 Å². The first kappa shape index (κ1) is 13.3.